The predicted octanol–water partition coefficient (Wildman–Crippen LogP) is -8.08. The van der Waals surface area contributed by atoms with Gasteiger partial charge in [-0.15, -0.1) is 0 Å². The van der Waals surface area contributed by atoms with Gasteiger partial charge in [0.1, 0.15) is 67.1 Å². The average molecular weight is 675 g/mol. The molecule has 0 saturated carbocycles. The predicted molar refractivity (Wildman–Crippen MR) is 142 cm³/mol. The molecule has 3 aliphatic rings. The maximum atomic E-state index is 12.4. The third kappa shape index (κ3) is 8.26. The minimum Gasteiger partial charge on any atom is -0.477 e. The summed E-state index contributed by atoms with van der Waals surface area (Å²) in [5, 5.41) is 117. The molecule has 2 amide bonds. The van der Waals surface area contributed by atoms with Crippen LogP contribution in [0.2, 0.25) is 0 Å². The first kappa shape index (κ1) is 38.3. The summed E-state index contributed by atoms with van der Waals surface area (Å²) in [5.41, 5.74) is 0. The Kier molecular flexibility index (Phi) is 13.1. The maximum Gasteiger partial charge on any atom is 0.364 e. The Labute approximate surface area is 260 Å². The topological polar surface area (TPSA) is 344 Å². The van der Waals surface area contributed by atoms with Crippen molar-refractivity contribution in [1.82, 2.24) is 10.6 Å². The van der Waals surface area contributed by atoms with Gasteiger partial charge in [-0.25, -0.2) is 4.79 Å². The summed E-state index contributed by atoms with van der Waals surface area (Å²) < 4.78 is 27.2. The van der Waals surface area contributed by atoms with Gasteiger partial charge in [-0.1, -0.05) is 0 Å². The first-order chi connectivity index (χ1) is 21.5. The fraction of sp³-hybridized carbons (Fsp3) is 0.880. The minimum atomic E-state index is -2.84. The summed E-state index contributed by atoms with van der Waals surface area (Å²) in [4.78, 5) is 35.7. The molecule has 0 aliphatic carbocycles. The number of hydrogen-bond donors (Lipinski definition) is 13. The Bertz CT molecular complexity index is 1050. The number of aliphatic hydroxyl groups is 10. The number of ether oxygens (including phenoxy) is 5. The number of nitrogens with one attached hydrogen (secondary N) is 2. The summed E-state index contributed by atoms with van der Waals surface area (Å²) in [6, 6.07) is -2.96. The third-order valence-corrected chi connectivity index (χ3v) is 7.87. The van der Waals surface area contributed by atoms with Crippen molar-refractivity contribution < 1.29 is 94.2 Å². The lowest BCUT2D eigenvalue weighted by molar-refractivity contribution is -0.358. The molecule has 3 aliphatic heterocycles. The second kappa shape index (κ2) is 15.8. The second-order valence-corrected chi connectivity index (χ2v) is 11.3. The van der Waals surface area contributed by atoms with E-state index in [9.17, 15) is 70.6 Å². The molecule has 0 bridgehead atoms. The molecule has 266 valence electrons. The standard InChI is InChI=1S/C25H42N2O19/c1-7(30)26-13-9(32)3-25(24(40)41,46-21(13)15(34)10(33)4-28)42-6-12-16(35)18(37)19(38)23(44-12)45-20-11(5-29)43-22(39)14(17(20)36)27-8(2)31/h9-23,28-29,32-39H,3-6H2,1-2H3,(H,26,30)(H,27,31)(H,40,41). The van der Waals surface area contributed by atoms with Crippen molar-refractivity contribution in [2.45, 2.75) is 118 Å². The largest absolute Gasteiger partial charge is 0.477 e. The van der Waals surface area contributed by atoms with Crippen molar-refractivity contribution in [2.24, 2.45) is 0 Å². The quantitative estimate of drug-likeness (QED) is 0.0913. The van der Waals surface area contributed by atoms with Crippen molar-refractivity contribution >= 4 is 17.8 Å². The third-order valence-electron chi connectivity index (χ3n) is 7.87. The molecule has 0 radical (unpaired) electrons. The number of amides is 2. The molecule has 0 aromatic carbocycles. The number of hydrogen-bond acceptors (Lipinski definition) is 18. The summed E-state index contributed by atoms with van der Waals surface area (Å²) in [7, 11) is 0. The number of carbonyl (C=O) groups excluding carboxylic acids is 2. The Morgan fingerprint density at radius 1 is 0.870 bits per heavy atom. The molecule has 46 heavy (non-hydrogen) atoms. The molecule has 3 fully saturated rings. The molecule has 21 heteroatoms. The number of aliphatic carboxylic acids is 1. The van der Waals surface area contributed by atoms with Crippen LogP contribution in [0.1, 0.15) is 20.3 Å². The maximum absolute atomic E-state index is 12.4. The Hall–Kier alpha value is -2.19. The van der Waals surface area contributed by atoms with Crippen LogP contribution in [0, 0.1) is 0 Å². The zero-order valence-corrected chi connectivity index (χ0v) is 24.7. The average Bonchev–Trinajstić information content (AvgIpc) is 2.99. The molecule has 3 rings (SSSR count). The van der Waals surface area contributed by atoms with Crippen LogP contribution < -0.4 is 10.6 Å². The van der Waals surface area contributed by atoms with E-state index in [1.807, 2.05) is 0 Å². The minimum absolute atomic E-state index is 0.677. The fourth-order valence-corrected chi connectivity index (χ4v) is 5.46. The molecular weight excluding hydrogens is 632 g/mol. The first-order valence-corrected chi connectivity index (χ1v) is 14.2. The highest BCUT2D eigenvalue weighted by molar-refractivity contribution is 5.76. The number of aliphatic hydroxyl groups excluding tert-OH is 10. The lowest BCUT2D eigenvalue weighted by Crippen LogP contribution is -2.69. The van der Waals surface area contributed by atoms with Gasteiger partial charge in [-0.2, -0.15) is 0 Å². The second-order valence-electron chi connectivity index (χ2n) is 11.3. The van der Waals surface area contributed by atoms with Gasteiger partial charge >= 0.3 is 5.97 Å². The fourth-order valence-electron chi connectivity index (χ4n) is 5.46. The smallest absolute Gasteiger partial charge is 0.364 e. The van der Waals surface area contributed by atoms with E-state index < -0.39 is 142 Å². The van der Waals surface area contributed by atoms with Gasteiger partial charge in [0, 0.05) is 20.3 Å². The van der Waals surface area contributed by atoms with Crippen LogP contribution >= 0.6 is 0 Å². The van der Waals surface area contributed by atoms with E-state index >= 15 is 0 Å². The summed E-state index contributed by atoms with van der Waals surface area (Å²) in [6.07, 6.45) is -24.9. The SMILES string of the molecule is CC(=O)NC1C(O)OC(CO)C(OC2OC(COC3(C(=O)O)CC(O)C(NC(C)=O)C(C(O)C(O)CO)O3)C(O)C(O)C2O)C1O. The van der Waals surface area contributed by atoms with E-state index in [2.05, 4.69) is 10.6 Å². The van der Waals surface area contributed by atoms with Crippen molar-refractivity contribution in [3.05, 3.63) is 0 Å². The highest BCUT2D eigenvalue weighted by Crippen LogP contribution is 2.35. The Morgan fingerprint density at radius 2 is 1.48 bits per heavy atom. The van der Waals surface area contributed by atoms with Gasteiger partial charge in [0.05, 0.1) is 32.0 Å². The van der Waals surface area contributed by atoms with E-state index in [0.29, 0.717) is 0 Å². The molecule has 3 saturated heterocycles. The molecule has 16 atom stereocenters. The van der Waals surface area contributed by atoms with Crippen molar-refractivity contribution in [3.8, 4) is 0 Å². The van der Waals surface area contributed by atoms with Gasteiger partial charge in [0.25, 0.3) is 5.79 Å². The molecule has 0 aromatic rings. The summed E-state index contributed by atoms with van der Waals surface area (Å²) in [5.74, 6) is -6.12. The van der Waals surface area contributed by atoms with Gasteiger partial charge in [-0.05, 0) is 0 Å². The summed E-state index contributed by atoms with van der Waals surface area (Å²) >= 11 is 0. The van der Waals surface area contributed by atoms with E-state index in [1.165, 1.54) is 0 Å². The van der Waals surface area contributed by atoms with E-state index in [-0.39, 0.29) is 0 Å². The lowest BCUT2D eigenvalue weighted by atomic mass is 9.88. The zero-order chi connectivity index (χ0) is 34.7. The Morgan fingerprint density at radius 3 is 2.02 bits per heavy atom. The van der Waals surface area contributed by atoms with E-state index in [4.69, 9.17) is 23.7 Å². The van der Waals surface area contributed by atoms with Crippen molar-refractivity contribution in [1.29, 1.82) is 0 Å². The zero-order valence-electron chi connectivity index (χ0n) is 24.7. The molecule has 0 spiro atoms. The van der Waals surface area contributed by atoms with Gasteiger partial charge in [0.15, 0.2) is 12.6 Å². The van der Waals surface area contributed by atoms with Crippen molar-refractivity contribution in [3.63, 3.8) is 0 Å². The lowest BCUT2D eigenvalue weighted by Gasteiger charge is -2.48. The normalized spacial score (nSPS) is 42.9. The van der Waals surface area contributed by atoms with E-state index in [1.54, 1.807) is 0 Å². The molecule has 3 heterocycles. The first-order valence-electron chi connectivity index (χ1n) is 14.2. The van der Waals surface area contributed by atoms with Crippen LogP contribution in [-0.4, -0.2) is 191 Å². The highest BCUT2D eigenvalue weighted by atomic mass is 16.8. The van der Waals surface area contributed by atoms with Gasteiger partial charge < -0.3 is 90.5 Å². The van der Waals surface area contributed by atoms with Crippen LogP contribution in [-0.2, 0) is 38.1 Å². The van der Waals surface area contributed by atoms with Crippen LogP contribution in [0.5, 0.6) is 0 Å². The molecule has 21 nitrogen and oxygen atoms in total. The number of carbonyl (C=O) groups is 3. The monoisotopic (exact) mass is 674 g/mol. The number of carboxylic acids is 1. The van der Waals surface area contributed by atoms with Crippen LogP contribution in [0.15, 0.2) is 0 Å². The van der Waals surface area contributed by atoms with E-state index in [0.717, 1.165) is 13.8 Å². The van der Waals surface area contributed by atoms with Gasteiger partial charge in [-0.3, -0.25) is 9.59 Å². The molecule has 13 N–H and O–H groups in total. The molecular formula is C25H42N2O19. The summed E-state index contributed by atoms with van der Waals surface area (Å²) in [6.45, 7) is -0.695. The molecule has 16 unspecified atom stereocenters. The number of carboxylic acid groups (broad SMARTS) is 1. The van der Waals surface area contributed by atoms with Crippen LogP contribution in [0.4, 0.5) is 0 Å². The van der Waals surface area contributed by atoms with Crippen LogP contribution in [0.25, 0.3) is 0 Å². The van der Waals surface area contributed by atoms with Crippen LogP contribution in [0.3, 0.4) is 0 Å². The van der Waals surface area contributed by atoms with Gasteiger partial charge in [0.2, 0.25) is 11.8 Å². The highest BCUT2D eigenvalue weighted by Gasteiger charge is 2.57. The van der Waals surface area contributed by atoms with Crippen molar-refractivity contribution in [2.75, 3.05) is 19.8 Å². The molecule has 0 aromatic heterocycles. The Balaban J connectivity index is 1.83. The number of rotatable bonds is 12.